The number of rotatable bonds is 8. The van der Waals surface area contributed by atoms with E-state index in [1.54, 1.807) is 12.1 Å². The molecule has 2 aliphatic heterocycles. The summed E-state index contributed by atoms with van der Waals surface area (Å²) in [5.41, 5.74) is 4.00. The summed E-state index contributed by atoms with van der Waals surface area (Å²) in [7, 11) is 0. The van der Waals surface area contributed by atoms with Crippen LogP contribution in [0.3, 0.4) is 0 Å². The third-order valence-electron chi connectivity index (χ3n) is 6.35. The molecule has 0 radical (unpaired) electrons. The molecule has 12 nitrogen and oxygen atoms in total. The van der Waals surface area contributed by atoms with E-state index >= 15 is 0 Å². The number of hydrogen-bond acceptors (Lipinski definition) is 9. The molecule has 5 amide bonds. The first-order chi connectivity index (χ1) is 18.3. The number of hydrogen-bond donors (Lipinski definition) is 1. The molecule has 0 bridgehead atoms. The van der Waals surface area contributed by atoms with Gasteiger partial charge in [-0.3, -0.25) is 28.9 Å². The fraction of sp³-hybridized carbons (Fsp3) is 0.231. The summed E-state index contributed by atoms with van der Waals surface area (Å²) < 4.78 is 5.21. The maximum atomic E-state index is 12.5. The summed E-state index contributed by atoms with van der Waals surface area (Å²) in [6.07, 6.45) is 0.960. The van der Waals surface area contributed by atoms with Crippen LogP contribution >= 0.6 is 0 Å². The van der Waals surface area contributed by atoms with Gasteiger partial charge in [0.25, 0.3) is 23.6 Å². The predicted octanol–water partition coefficient (Wildman–Crippen LogP) is 2.20. The monoisotopic (exact) mass is 519 g/mol. The van der Waals surface area contributed by atoms with Crippen molar-refractivity contribution in [1.82, 2.24) is 9.96 Å². The molecular weight excluding hydrogens is 498 g/mol. The highest BCUT2D eigenvalue weighted by molar-refractivity contribution is 6.13. The molecule has 194 valence electrons. The second-order valence-electron chi connectivity index (χ2n) is 8.70. The first-order valence-electron chi connectivity index (χ1n) is 11.8. The Morgan fingerprint density at radius 1 is 0.895 bits per heavy atom. The minimum Gasteiger partial charge on any atom is -0.431 e. The van der Waals surface area contributed by atoms with Crippen LogP contribution in [0.2, 0.25) is 0 Å². The van der Waals surface area contributed by atoms with Gasteiger partial charge in [0.15, 0.2) is 0 Å². The van der Waals surface area contributed by atoms with E-state index in [-0.39, 0.29) is 38.3 Å². The second kappa shape index (κ2) is 10.3. The second-order valence-corrected chi connectivity index (χ2v) is 8.70. The number of ether oxygens (including phenoxy) is 1. The van der Waals surface area contributed by atoms with Crippen LogP contribution in [0.4, 0.5) is 10.5 Å². The molecule has 1 unspecified atom stereocenters. The molecule has 5 rings (SSSR count). The van der Waals surface area contributed by atoms with Crippen molar-refractivity contribution in [3.8, 4) is 11.1 Å². The van der Waals surface area contributed by atoms with E-state index in [9.17, 15) is 28.8 Å². The maximum Gasteiger partial charge on any atom is 0.542 e. The van der Waals surface area contributed by atoms with E-state index < -0.39 is 35.7 Å². The number of amides is 5. The molecule has 2 aromatic rings. The Hall–Kier alpha value is -4.84. The first kappa shape index (κ1) is 24.8. The molecule has 38 heavy (non-hydrogen) atoms. The fourth-order valence-corrected chi connectivity index (χ4v) is 4.54. The van der Waals surface area contributed by atoms with Crippen LogP contribution in [0.25, 0.3) is 11.1 Å². The number of nitrogens with one attached hydrogen (secondary N) is 1. The first-order valence-corrected chi connectivity index (χ1v) is 11.8. The van der Waals surface area contributed by atoms with Crippen LogP contribution in [0, 0.1) is 0 Å². The fourth-order valence-electron chi connectivity index (χ4n) is 4.54. The predicted molar refractivity (Wildman–Crippen MR) is 127 cm³/mol. The Morgan fingerprint density at radius 3 is 2.32 bits per heavy atom. The van der Waals surface area contributed by atoms with Gasteiger partial charge < -0.3 is 10.1 Å². The zero-order valence-electron chi connectivity index (χ0n) is 19.9. The summed E-state index contributed by atoms with van der Waals surface area (Å²) in [5, 5.41) is 3.14. The number of benzene rings is 2. The Kier molecular flexibility index (Phi) is 6.71. The van der Waals surface area contributed by atoms with Crippen LogP contribution in [0.1, 0.15) is 36.3 Å². The van der Waals surface area contributed by atoms with Crippen molar-refractivity contribution in [2.24, 2.45) is 0 Å². The maximum absolute atomic E-state index is 12.5. The smallest absolute Gasteiger partial charge is 0.431 e. The average molecular weight is 519 g/mol. The van der Waals surface area contributed by atoms with Crippen LogP contribution in [-0.4, -0.2) is 58.8 Å². The topological polar surface area (TPSA) is 149 Å². The molecule has 0 saturated carbocycles. The van der Waals surface area contributed by atoms with Gasteiger partial charge in [0.05, 0.1) is 0 Å². The highest BCUT2D eigenvalue weighted by atomic mass is 17.3. The quantitative estimate of drug-likeness (QED) is 0.240. The molecule has 1 saturated heterocycles. The van der Waals surface area contributed by atoms with Gasteiger partial charge >= 0.3 is 6.16 Å². The van der Waals surface area contributed by atoms with Crippen molar-refractivity contribution >= 4 is 41.4 Å². The van der Waals surface area contributed by atoms with Gasteiger partial charge in [-0.2, -0.15) is 0 Å². The van der Waals surface area contributed by atoms with E-state index in [0.29, 0.717) is 10.8 Å². The normalized spacial score (nSPS) is 17.6. The van der Waals surface area contributed by atoms with Crippen molar-refractivity contribution in [2.45, 2.75) is 25.2 Å². The van der Waals surface area contributed by atoms with Gasteiger partial charge in [0.1, 0.15) is 6.61 Å². The Labute approximate surface area is 215 Å². The van der Waals surface area contributed by atoms with E-state index in [2.05, 4.69) is 15.2 Å². The number of imide groups is 2. The number of hydroxylamine groups is 2. The van der Waals surface area contributed by atoms with Crippen molar-refractivity contribution < 1.29 is 43.4 Å². The van der Waals surface area contributed by atoms with Crippen LogP contribution in [-0.2, 0) is 38.6 Å². The Morgan fingerprint density at radius 2 is 1.58 bits per heavy atom. The molecule has 3 aliphatic rings. The molecule has 2 heterocycles. The molecule has 1 N–H and O–H groups in total. The standard InChI is InChI=1S/C26H21N3O9/c30-21(11-12-28-22(31)7-8-23(28)32)27-15-5-6-18-16-3-1-2-4-17(16)20(19(18)13-15)14-36-26(35)37-38-29-24(33)9-10-25(29)34/h1-8,13,20H,9-12,14H2,(H,27,30). The van der Waals surface area contributed by atoms with E-state index in [1.165, 1.54) is 0 Å². The lowest BCUT2D eigenvalue weighted by molar-refractivity contribution is -0.361. The summed E-state index contributed by atoms with van der Waals surface area (Å²) in [4.78, 5) is 81.1. The number of carbonyl (C=O) groups is 6. The Bertz CT molecular complexity index is 1370. The van der Waals surface area contributed by atoms with E-state index in [0.717, 1.165) is 39.3 Å². The number of anilines is 1. The highest BCUT2D eigenvalue weighted by Gasteiger charge is 2.34. The summed E-state index contributed by atoms with van der Waals surface area (Å²) in [5.74, 6) is -2.93. The molecule has 0 aromatic heterocycles. The summed E-state index contributed by atoms with van der Waals surface area (Å²) >= 11 is 0. The van der Waals surface area contributed by atoms with Crippen LogP contribution in [0.5, 0.6) is 0 Å². The molecule has 1 atom stereocenters. The van der Waals surface area contributed by atoms with Crippen LogP contribution < -0.4 is 5.32 Å². The van der Waals surface area contributed by atoms with Gasteiger partial charge in [0.2, 0.25) is 5.91 Å². The third-order valence-corrected chi connectivity index (χ3v) is 6.35. The lowest BCUT2D eigenvalue weighted by Crippen LogP contribution is -2.33. The summed E-state index contributed by atoms with van der Waals surface area (Å²) in [6.45, 7) is -0.181. The van der Waals surface area contributed by atoms with Crippen molar-refractivity contribution in [2.75, 3.05) is 18.5 Å². The SMILES string of the molecule is O=C(CCN1C(=O)C=CC1=O)Nc1ccc2c(c1)C(COC(=O)OON1C(=O)CCC1=O)c1ccccc1-2. The molecular formula is C26H21N3O9. The van der Waals surface area contributed by atoms with Crippen molar-refractivity contribution in [1.29, 1.82) is 0 Å². The van der Waals surface area contributed by atoms with Gasteiger partial charge in [-0.15, -0.1) is 5.06 Å². The average Bonchev–Trinajstić information content (AvgIpc) is 3.52. The third kappa shape index (κ3) is 4.89. The minimum absolute atomic E-state index is 0.0303. The largest absolute Gasteiger partial charge is 0.542 e. The zero-order chi connectivity index (χ0) is 26.8. The molecule has 2 aromatic carbocycles. The Balaban J connectivity index is 1.23. The van der Waals surface area contributed by atoms with Gasteiger partial charge in [-0.1, -0.05) is 30.3 Å². The number of fused-ring (bicyclic) bond motifs is 3. The van der Waals surface area contributed by atoms with Crippen molar-refractivity contribution in [3.05, 3.63) is 65.7 Å². The molecule has 1 aliphatic carbocycles. The van der Waals surface area contributed by atoms with Gasteiger partial charge in [0, 0.05) is 49.6 Å². The lowest BCUT2D eigenvalue weighted by atomic mass is 9.97. The zero-order valence-corrected chi connectivity index (χ0v) is 19.9. The number of carbonyl (C=O) groups excluding carboxylic acids is 6. The molecule has 1 fully saturated rings. The van der Waals surface area contributed by atoms with E-state index in [4.69, 9.17) is 4.74 Å². The van der Waals surface area contributed by atoms with Gasteiger partial charge in [-0.25, -0.2) is 9.68 Å². The number of nitrogens with zero attached hydrogens (tertiary/aromatic N) is 2. The summed E-state index contributed by atoms with van der Waals surface area (Å²) in [6, 6.07) is 12.9. The van der Waals surface area contributed by atoms with Crippen LogP contribution in [0.15, 0.2) is 54.6 Å². The van der Waals surface area contributed by atoms with Crippen molar-refractivity contribution in [3.63, 3.8) is 0 Å². The van der Waals surface area contributed by atoms with Gasteiger partial charge in [-0.05, 0) is 39.4 Å². The molecule has 12 heteroatoms. The lowest BCUT2D eigenvalue weighted by Gasteiger charge is -2.16. The highest BCUT2D eigenvalue weighted by Crippen LogP contribution is 2.45. The minimum atomic E-state index is -1.23. The van der Waals surface area contributed by atoms with E-state index in [1.807, 2.05) is 30.3 Å². The molecule has 0 spiro atoms.